The molecule has 5 atom stereocenters. The van der Waals surface area contributed by atoms with Crippen LogP contribution in [-0.4, -0.2) is 58.6 Å². The first-order valence-electron chi connectivity index (χ1n) is 9.88. The molecule has 0 unspecified atom stereocenters. The third-order valence-electron chi connectivity index (χ3n) is 5.60. The third-order valence-corrected chi connectivity index (χ3v) is 5.60. The summed E-state index contributed by atoms with van der Waals surface area (Å²) < 4.78 is 5.09. The molecular formula is C19H32N2O5. The van der Waals surface area contributed by atoms with Gasteiger partial charge in [-0.3, -0.25) is 14.9 Å². The molecule has 2 aliphatic rings. The van der Waals surface area contributed by atoms with E-state index in [0.29, 0.717) is 19.4 Å². The van der Waals surface area contributed by atoms with Crippen molar-refractivity contribution in [2.45, 2.75) is 89.9 Å². The highest BCUT2D eigenvalue weighted by Gasteiger charge is 2.48. The molecule has 2 rings (SSSR count). The fraction of sp³-hybridized carbons (Fsp3) is 0.842. The summed E-state index contributed by atoms with van der Waals surface area (Å²) in [7, 11) is 0. The van der Waals surface area contributed by atoms with Crippen molar-refractivity contribution < 1.29 is 24.2 Å². The SMILES string of the molecule is CCC[C@H](N[C@@H](C)C(=O)N1[C@@H]2CCCC[C@@H]2C[C@H]1C(=O)O)C(=O)OCC. The second-order valence-corrected chi connectivity index (χ2v) is 7.43. The van der Waals surface area contributed by atoms with Crippen LogP contribution in [0.3, 0.4) is 0 Å². The highest BCUT2D eigenvalue weighted by molar-refractivity contribution is 5.88. The van der Waals surface area contributed by atoms with Crippen molar-refractivity contribution in [1.29, 1.82) is 0 Å². The molecule has 1 aliphatic carbocycles. The van der Waals surface area contributed by atoms with Crippen LogP contribution in [0, 0.1) is 5.92 Å². The predicted octanol–water partition coefficient (Wildman–Crippen LogP) is 1.94. The number of aliphatic carboxylic acids is 1. The lowest BCUT2D eigenvalue weighted by atomic mass is 9.84. The van der Waals surface area contributed by atoms with Crippen LogP contribution in [0.1, 0.15) is 65.7 Å². The monoisotopic (exact) mass is 368 g/mol. The molecule has 2 fully saturated rings. The fourth-order valence-corrected chi connectivity index (χ4v) is 4.39. The van der Waals surface area contributed by atoms with Gasteiger partial charge in [-0.1, -0.05) is 26.2 Å². The number of esters is 1. The molecule has 1 heterocycles. The Kier molecular flexibility index (Phi) is 7.43. The zero-order valence-electron chi connectivity index (χ0n) is 16.1. The number of hydrogen-bond donors (Lipinski definition) is 2. The smallest absolute Gasteiger partial charge is 0.326 e. The minimum atomic E-state index is -0.935. The van der Waals surface area contributed by atoms with Crippen molar-refractivity contribution in [3.8, 4) is 0 Å². The first kappa shape index (κ1) is 20.7. The topological polar surface area (TPSA) is 95.9 Å². The van der Waals surface area contributed by atoms with Crippen molar-refractivity contribution in [2.24, 2.45) is 5.92 Å². The van der Waals surface area contributed by atoms with Gasteiger partial charge in [-0.15, -0.1) is 0 Å². The summed E-state index contributed by atoms with van der Waals surface area (Å²) in [5.74, 6) is -1.24. The number of carboxylic acids is 1. The minimum absolute atomic E-state index is 0.00817. The van der Waals surface area contributed by atoms with Crippen LogP contribution in [0.4, 0.5) is 0 Å². The first-order valence-corrected chi connectivity index (χ1v) is 9.88. The predicted molar refractivity (Wildman–Crippen MR) is 96.6 cm³/mol. The highest BCUT2D eigenvalue weighted by Crippen LogP contribution is 2.40. The standard InChI is InChI=1S/C19H32N2O5/c1-4-8-14(19(25)26-5-2)20-12(3)17(22)21-15-10-7-6-9-13(15)11-16(21)18(23)24/h12-16,20H,4-11H2,1-3H3,(H,23,24)/t12-,13+,14-,15+,16-/m0/s1. The summed E-state index contributed by atoms with van der Waals surface area (Å²) in [6.07, 6.45) is 5.87. The Bertz CT molecular complexity index is 524. The lowest BCUT2D eigenvalue weighted by molar-refractivity contribution is -0.152. The number of nitrogens with one attached hydrogen (secondary N) is 1. The summed E-state index contributed by atoms with van der Waals surface area (Å²) in [5.41, 5.74) is 0. The summed E-state index contributed by atoms with van der Waals surface area (Å²) in [6, 6.07) is -1.92. The number of hydrogen-bond acceptors (Lipinski definition) is 5. The van der Waals surface area contributed by atoms with Crippen LogP contribution >= 0.6 is 0 Å². The molecule has 0 aromatic carbocycles. The van der Waals surface area contributed by atoms with E-state index in [-0.39, 0.29) is 23.8 Å². The van der Waals surface area contributed by atoms with E-state index >= 15 is 0 Å². The van der Waals surface area contributed by atoms with E-state index in [1.54, 1.807) is 18.7 Å². The zero-order valence-corrected chi connectivity index (χ0v) is 16.1. The van der Waals surface area contributed by atoms with Gasteiger partial charge in [0.15, 0.2) is 0 Å². The Balaban J connectivity index is 2.10. The van der Waals surface area contributed by atoms with Gasteiger partial charge in [-0.05, 0) is 45.4 Å². The third kappa shape index (κ3) is 4.55. The van der Waals surface area contributed by atoms with Gasteiger partial charge in [0.25, 0.3) is 0 Å². The molecule has 0 bridgehead atoms. The molecule has 7 nitrogen and oxygen atoms in total. The fourth-order valence-electron chi connectivity index (χ4n) is 4.39. The summed E-state index contributed by atoms with van der Waals surface area (Å²) >= 11 is 0. The Labute approximate surface area is 155 Å². The van der Waals surface area contributed by atoms with Crippen molar-refractivity contribution in [2.75, 3.05) is 6.61 Å². The summed E-state index contributed by atoms with van der Waals surface area (Å²) in [6.45, 7) is 5.72. The molecule has 0 spiro atoms. The van der Waals surface area contributed by atoms with Crippen LogP contribution < -0.4 is 5.32 Å². The van der Waals surface area contributed by atoms with Gasteiger partial charge in [-0.2, -0.15) is 0 Å². The van der Waals surface area contributed by atoms with Gasteiger partial charge >= 0.3 is 11.9 Å². The molecule has 2 N–H and O–H groups in total. The van der Waals surface area contributed by atoms with Crippen molar-refractivity contribution >= 4 is 17.8 Å². The average molecular weight is 368 g/mol. The van der Waals surface area contributed by atoms with Crippen molar-refractivity contribution in [1.82, 2.24) is 10.2 Å². The lowest BCUT2D eigenvalue weighted by Crippen LogP contribution is -2.55. The van der Waals surface area contributed by atoms with E-state index in [1.807, 2.05) is 6.92 Å². The van der Waals surface area contributed by atoms with E-state index in [1.165, 1.54) is 0 Å². The maximum absolute atomic E-state index is 13.1. The van der Waals surface area contributed by atoms with E-state index in [0.717, 1.165) is 32.1 Å². The summed E-state index contributed by atoms with van der Waals surface area (Å²) in [4.78, 5) is 38.5. The molecule has 0 aromatic heterocycles. The van der Waals surface area contributed by atoms with Gasteiger partial charge in [0.2, 0.25) is 5.91 Å². The van der Waals surface area contributed by atoms with Gasteiger partial charge in [0, 0.05) is 6.04 Å². The molecule has 7 heteroatoms. The number of amides is 1. The second-order valence-electron chi connectivity index (χ2n) is 7.43. The zero-order chi connectivity index (χ0) is 19.3. The second kappa shape index (κ2) is 9.35. The van der Waals surface area contributed by atoms with E-state index in [9.17, 15) is 19.5 Å². The Morgan fingerprint density at radius 3 is 2.54 bits per heavy atom. The number of fused-ring (bicyclic) bond motifs is 1. The number of carbonyl (C=O) groups excluding carboxylic acids is 2. The van der Waals surface area contributed by atoms with Gasteiger partial charge < -0.3 is 14.7 Å². The maximum atomic E-state index is 13.1. The summed E-state index contributed by atoms with van der Waals surface area (Å²) in [5, 5.41) is 12.7. The van der Waals surface area contributed by atoms with Crippen LogP contribution in [-0.2, 0) is 19.1 Å². The van der Waals surface area contributed by atoms with Crippen LogP contribution in [0.15, 0.2) is 0 Å². The van der Waals surface area contributed by atoms with Gasteiger partial charge in [-0.25, -0.2) is 4.79 Å². The van der Waals surface area contributed by atoms with Gasteiger partial charge in [0.05, 0.1) is 12.6 Å². The van der Waals surface area contributed by atoms with Crippen LogP contribution in [0.5, 0.6) is 0 Å². The molecule has 1 saturated carbocycles. The molecule has 148 valence electrons. The molecule has 0 radical (unpaired) electrons. The number of carbonyl (C=O) groups is 3. The van der Waals surface area contributed by atoms with E-state index in [4.69, 9.17) is 4.74 Å². The average Bonchev–Trinajstić information content (AvgIpc) is 3.00. The largest absolute Gasteiger partial charge is 0.480 e. The maximum Gasteiger partial charge on any atom is 0.326 e. The number of ether oxygens (including phenoxy) is 1. The lowest BCUT2D eigenvalue weighted by Gasteiger charge is -2.35. The number of carboxylic acid groups (broad SMARTS) is 1. The number of likely N-dealkylation sites (tertiary alicyclic amines) is 1. The normalized spacial score (nSPS) is 27.5. The van der Waals surface area contributed by atoms with Crippen molar-refractivity contribution in [3.63, 3.8) is 0 Å². The molecule has 26 heavy (non-hydrogen) atoms. The Morgan fingerprint density at radius 2 is 1.92 bits per heavy atom. The van der Waals surface area contributed by atoms with Crippen LogP contribution in [0.2, 0.25) is 0 Å². The molecule has 0 aromatic rings. The number of rotatable bonds is 8. The highest BCUT2D eigenvalue weighted by atomic mass is 16.5. The molecular weight excluding hydrogens is 336 g/mol. The molecule has 1 amide bonds. The van der Waals surface area contributed by atoms with E-state index < -0.39 is 24.1 Å². The minimum Gasteiger partial charge on any atom is -0.480 e. The van der Waals surface area contributed by atoms with Crippen LogP contribution in [0.25, 0.3) is 0 Å². The van der Waals surface area contributed by atoms with E-state index in [2.05, 4.69) is 5.32 Å². The van der Waals surface area contributed by atoms with Gasteiger partial charge in [0.1, 0.15) is 12.1 Å². The molecule has 1 saturated heterocycles. The number of nitrogens with zero attached hydrogens (tertiary/aromatic N) is 1. The first-order chi connectivity index (χ1) is 12.4. The quantitative estimate of drug-likeness (QED) is 0.636. The molecule has 1 aliphatic heterocycles. The Morgan fingerprint density at radius 1 is 1.23 bits per heavy atom. The Hall–Kier alpha value is -1.63. The van der Waals surface area contributed by atoms with Crippen molar-refractivity contribution in [3.05, 3.63) is 0 Å².